The molecule has 0 bridgehead atoms. The maximum atomic E-state index is 13.3. The first-order valence-electron chi connectivity index (χ1n) is 9.88. The van der Waals surface area contributed by atoms with Crippen molar-refractivity contribution < 1.29 is 19.1 Å². The molecule has 8 heteroatoms. The van der Waals surface area contributed by atoms with E-state index in [0.717, 1.165) is 11.1 Å². The van der Waals surface area contributed by atoms with Gasteiger partial charge in [-0.15, -0.1) is 0 Å². The Kier molecular flexibility index (Phi) is 6.37. The largest absolute Gasteiger partial charge is 0.444 e. The van der Waals surface area contributed by atoms with Crippen molar-refractivity contribution in [1.82, 2.24) is 9.80 Å². The first-order valence-corrected chi connectivity index (χ1v) is 10.6. The summed E-state index contributed by atoms with van der Waals surface area (Å²) in [5, 5.41) is 1.16. The highest BCUT2D eigenvalue weighted by atomic mass is 35.5. The number of ether oxygens (including phenoxy) is 2. The fourth-order valence-corrected chi connectivity index (χ4v) is 4.65. The van der Waals surface area contributed by atoms with Crippen LogP contribution in [0.1, 0.15) is 51.8 Å². The normalized spacial score (nSPS) is 24.9. The zero-order chi connectivity index (χ0) is 21.5. The Bertz CT molecular complexity index is 809. The van der Waals surface area contributed by atoms with Crippen molar-refractivity contribution in [2.75, 3.05) is 19.6 Å². The minimum absolute atomic E-state index is 0.144. The highest BCUT2D eigenvalue weighted by Crippen LogP contribution is 2.37. The molecule has 0 saturated carbocycles. The highest BCUT2D eigenvalue weighted by Gasteiger charge is 2.39. The van der Waals surface area contributed by atoms with Crippen LogP contribution >= 0.6 is 23.2 Å². The Balaban J connectivity index is 1.76. The van der Waals surface area contributed by atoms with E-state index in [-0.39, 0.29) is 24.6 Å². The van der Waals surface area contributed by atoms with Crippen LogP contribution in [0.25, 0.3) is 0 Å². The van der Waals surface area contributed by atoms with Crippen molar-refractivity contribution in [2.24, 2.45) is 0 Å². The van der Waals surface area contributed by atoms with Crippen molar-refractivity contribution in [2.45, 2.75) is 64.9 Å². The second kappa shape index (κ2) is 8.32. The molecule has 0 N–H and O–H groups in total. The number of hydrogen-bond acceptors (Lipinski definition) is 4. The molecule has 3 atom stereocenters. The molecule has 0 aromatic heterocycles. The molecule has 1 fully saturated rings. The van der Waals surface area contributed by atoms with Crippen LogP contribution in [0.5, 0.6) is 0 Å². The minimum Gasteiger partial charge on any atom is -0.444 e. The van der Waals surface area contributed by atoms with Crippen LogP contribution in [0, 0.1) is 0 Å². The molecule has 2 aliphatic rings. The van der Waals surface area contributed by atoms with Gasteiger partial charge in [0.25, 0.3) is 5.91 Å². The Labute approximate surface area is 182 Å². The van der Waals surface area contributed by atoms with Crippen LogP contribution in [-0.2, 0) is 20.7 Å². The summed E-state index contributed by atoms with van der Waals surface area (Å²) in [6.45, 7) is 10.4. The third-order valence-electron chi connectivity index (χ3n) is 5.16. The SMILES string of the molecule is C[C@@H]1CN(C(=O)OC(C)(C)C)C[C@H](C(=O)N2CCc3cc(Cl)cc(Cl)c3[C@@H]2C)O1. The van der Waals surface area contributed by atoms with Crippen molar-refractivity contribution >= 4 is 35.2 Å². The number of rotatable bonds is 1. The van der Waals surface area contributed by atoms with E-state index in [9.17, 15) is 9.59 Å². The predicted molar refractivity (Wildman–Crippen MR) is 112 cm³/mol. The number of amides is 2. The van der Waals surface area contributed by atoms with Crippen molar-refractivity contribution in [3.05, 3.63) is 33.3 Å². The standard InChI is InChI=1S/C21H28Cl2N2O4/c1-12-10-24(20(27)29-21(3,4)5)11-17(28-12)19(26)25-7-6-14-8-15(22)9-16(23)18(14)13(25)2/h8-9,12-13,17H,6-7,10-11H2,1-5H3/t12-,13+,17-/m1/s1. The van der Waals surface area contributed by atoms with E-state index in [0.29, 0.717) is 29.6 Å². The summed E-state index contributed by atoms with van der Waals surface area (Å²) in [5.74, 6) is -0.144. The van der Waals surface area contributed by atoms with Gasteiger partial charge in [-0.1, -0.05) is 23.2 Å². The van der Waals surface area contributed by atoms with Crippen LogP contribution in [0.15, 0.2) is 12.1 Å². The molecule has 1 saturated heterocycles. The van der Waals surface area contributed by atoms with Crippen molar-refractivity contribution in [1.29, 1.82) is 0 Å². The molecule has 2 aliphatic heterocycles. The topological polar surface area (TPSA) is 59.1 Å². The summed E-state index contributed by atoms with van der Waals surface area (Å²) in [6.07, 6.45) is -0.759. The van der Waals surface area contributed by atoms with Crippen LogP contribution in [0.4, 0.5) is 4.79 Å². The van der Waals surface area contributed by atoms with E-state index in [1.165, 1.54) is 0 Å². The van der Waals surface area contributed by atoms with Gasteiger partial charge in [-0.3, -0.25) is 4.79 Å². The molecule has 160 valence electrons. The lowest BCUT2D eigenvalue weighted by molar-refractivity contribution is -0.157. The summed E-state index contributed by atoms with van der Waals surface area (Å²) >= 11 is 12.5. The van der Waals surface area contributed by atoms with E-state index in [2.05, 4.69) is 0 Å². The third-order valence-corrected chi connectivity index (χ3v) is 5.69. The average molecular weight is 443 g/mol. The molecule has 2 heterocycles. The zero-order valence-electron chi connectivity index (χ0n) is 17.5. The van der Waals surface area contributed by atoms with E-state index < -0.39 is 17.8 Å². The average Bonchev–Trinajstić information content (AvgIpc) is 2.58. The van der Waals surface area contributed by atoms with Gasteiger partial charge >= 0.3 is 6.09 Å². The Morgan fingerprint density at radius 2 is 1.86 bits per heavy atom. The van der Waals surface area contributed by atoms with E-state index >= 15 is 0 Å². The fraction of sp³-hybridized carbons (Fsp3) is 0.619. The zero-order valence-corrected chi connectivity index (χ0v) is 19.0. The summed E-state index contributed by atoms with van der Waals surface area (Å²) in [4.78, 5) is 29.1. The van der Waals surface area contributed by atoms with Gasteiger partial charge in [0.1, 0.15) is 5.60 Å². The number of morpholine rings is 1. The van der Waals surface area contributed by atoms with E-state index in [1.807, 2.05) is 40.7 Å². The maximum Gasteiger partial charge on any atom is 0.410 e. The van der Waals surface area contributed by atoms with Crippen LogP contribution in [-0.4, -0.2) is 59.2 Å². The monoisotopic (exact) mass is 442 g/mol. The molecule has 0 unspecified atom stereocenters. The van der Waals surface area contributed by atoms with Gasteiger partial charge in [-0.25, -0.2) is 4.79 Å². The fourth-order valence-electron chi connectivity index (χ4n) is 3.95. The summed E-state index contributed by atoms with van der Waals surface area (Å²) < 4.78 is 11.4. The molecule has 0 aliphatic carbocycles. The number of carbonyl (C=O) groups is 2. The highest BCUT2D eigenvalue weighted by molar-refractivity contribution is 6.35. The van der Waals surface area contributed by atoms with Gasteiger partial charge in [-0.2, -0.15) is 0 Å². The van der Waals surface area contributed by atoms with Gasteiger partial charge in [0.15, 0.2) is 6.10 Å². The van der Waals surface area contributed by atoms with E-state index in [4.69, 9.17) is 32.7 Å². The number of nitrogens with zero attached hydrogens (tertiary/aromatic N) is 2. The maximum absolute atomic E-state index is 13.3. The molecular weight excluding hydrogens is 415 g/mol. The summed E-state index contributed by atoms with van der Waals surface area (Å²) in [7, 11) is 0. The minimum atomic E-state index is -0.735. The van der Waals surface area contributed by atoms with Gasteiger partial charge < -0.3 is 19.3 Å². The molecule has 0 radical (unpaired) electrons. The lowest BCUT2D eigenvalue weighted by Gasteiger charge is -2.41. The smallest absolute Gasteiger partial charge is 0.410 e. The second-order valence-corrected chi connectivity index (χ2v) is 9.58. The molecule has 2 amide bonds. The molecule has 29 heavy (non-hydrogen) atoms. The molecule has 0 spiro atoms. The van der Waals surface area contributed by atoms with Crippen LogP contribution in [0.3, 0.4) is 0 Å². The molecule has 6 nitrogen and oxygen atoms in total. The van der Waals surface area contributed by atoms with Gasteiger partial charge in [0.05, 0.1) is 25.2 Å². The first kappa shape index (κ1) is 22.2. The molecular formula is C21H28Cl2N2O4. The summed E-state index contributed by atoms with van der Waals surface area (Å²) in [6, 6.07) is 3.41. The number of benzene rings is 1. The first-order chi connectivity index (χ1) is 13.5. The van der Waals surface area contributed by atoms with Crippen molar-refractivity contribution in [3.63, 3.8) is 0 Å². The number of carbonyl (C=O) groups excluding carboxylic acids is 2. The van der Waals surface area contributed by atoms with E-state index in [1.54, 1.807) is 15.9 Å². The lowest BCUT2D eigenvalue weighted by atomic mass is 9.93. The number of hydrogen-bond donors (Lipinski definition) is 0. The summed E-state index contributed by atoms with van der Waals surface area (Å²) in [5.41, 5.74) is 1.39. The van der Waals surface area contributed by atoms with Gasteiger partial charge in [-0.05, 0) is 64.3 Å². The lowest BCUT2D eigenvalue weighted by Crippen LogP contribution is -2.56. The Hall–Kier alpha value is -1.50. The second-order valence-electron chi connectivity index (χ2n) is 8.74. The molecule has 1 aromatic rings. The van der Waals surface area contributed by atoms with Crippen molar-refractivity contribution in [3.8, 4) is 0 Å². The Morgan fingerprint density at radius 1 is 1.17 bits per heavy atom. The number of fused-ring (bicyclic) bond motifs is 1. The predicted octanol–water partition coefficient (Wildman–Crippen LogP) is 4.46. The third kappa shape index (κ3) is 4.98. The van der Waals surface area contributed by atoms with Crippen LogP contribution in [0.2, 0.25) is 10.0 Å². The Morgan fingerprint density at radius 3 is 2.52 bits per heavy atom. The molecule has 3 rings (SSSR count). The quantitative estimate of drug-likeness (QED) is 0.643. The molecule has 1 aromatic carbocycles. The van der Waals surface area contributed by atoms with Gasteiger partial charge in [0.2, 0.25) is 0 Å². The van der Waals surface area contributed by atoms with Gasteiger partial charge in [0, 0.05) is 16.6 Å². The van der Waals surface area contributed by atoms with Crippen LogP contribution < -0.4 is 0 Å². The number of halogens is 2.